The Hall–Kier alpha value is -1.10. The fraction of sp³-hybridized carbons (Fsp3) is 0.286. The number of ether oxygens (including phenoxy) is 1. The highest BCUT2D eigenvalue weighted by Crippen LogP contribution is 2.37. The molecule has 0 aromatic carbocycles. The molecule has 1 rings (SSSR count). The van der Waals surface area contributed by atoms with Crippen molar-refractivity contribution in [2.24, 2.45) is 0 Å². The number of methoxy groups -OCH3 is 1. The van der Waals surface area contributed by atoms with E-state index in [1.54, 1.807) is 0 Å². The Morgan fingerprint density at radius 1 is 1.62 bits per heavy atom. The van der Waals surface area contributed by atoms with Crippen LogP contribution in [0.3, 0.4) is 0 Å². The average Bonchev–Trinajstić information content (AvgIpc) is 2.07. The summed E-state index contributed by atoms with van der Waals surface area (Å²) in [6.07, 6.45) is -1.66. The Balaban J connectivity index is 3.35. The lowest BCUT2D eigenvalue weighted by Gasteiger charge is -2.10. The van der Waals surface area contributed by atoms with Crippen LogP contribution in [0.4, 0.5) is 14.6 Å². The first-order chi connectivity index (χ1) is 6.07. The molecular formula is C7H7ClF2N2O. The van der Waals surface area contributed by atoms with Crippen LogP contribution in [0.1, 0.15) is 12.0 Å². The maximum Gasteiger partial charge on any atom is 0.269 e. The molecule has 0 spiro atoms. The fourth-order valence-corrected chi connectivity index (χ4v) is 1.14. The zero-order chi connectivity index (χ0) is 10.0. The second-order valence-corrected chi connectivity index (χ2v) is 2.65. The first-order valence-electron chi connectivity index (χ1n) is 3.34. The van der Waals surface area contributed by atoms with Gasteiger partial charge in [-0.25, -0.2) is 13.8 Å². The molecule has 0 amide bonds. The number of halogens is 3. The van der Waals surface area contributed by atoms with Crippen LogP contribution in [0.15, 0.2) is 6.20 Å². The lowest BCUT2D eigenvalue weighted by molar-refractivity contribution is 0.147. The number of nitrogens with two attached hydrogens (primary N) is 1. The molecule has 2 N–H and O–H groups in total. The molecule has 1 heterocycles. The first-order valence-corrected chi connectivity index (χ1v) is 3.71. The maximum atomic E-state index is 12.4. The number of rotatable bonds is 2. The van der Waals surface area contributed by atoms with E-state index in [2.05, 4.69) is 9.72 Å². The van der Waals surface area contributed by atoms with Gasteiger partial charge in [-0.1, -0.05) is 11.6 Å². The third-order valence-electron chi connectivity index (χ3n) is 1.47. The van der Waals surface area contributed by atoms with E-state index in [0.29, 0.717) is 0 Å². The molecule has 6 heteroatoms. The Morgan fingerprint density at radius 2 is 2.23 bits per heavy atom. The Morgan fingerprint density at radius 3 is 2.62 bits per heavy atom. The van der Waals surface area contributed by atoms with Gasteiger partial charge in [-0.05, 0) is 0 Å². The predicted octanol–water partition coefficient (Wildman–Crippen LogP) is 2.26. The molecule has 0 aliphatic heterocycles. The summed E-state index contributed by atoms with van der Waals surface area (Å²) >= 11 is 5.50. The van der Waals surface area contributed by atoms with Crippen LogP contribution < -0.4 is 10.5 Å². The number of alkyl halides is 2. The summed E-state index contributed by atoms with van der Waals surface area (Å²) in [6.45, 7) is 0. The molecule has 0 atom stereocenters. The molecule has 0 unspecified atom stereocenters. The van der Waals surface area contributed by atoms with E-state index >= 15 is 0 Å². The van der Waals surface area contributed by atoms with Crippen LogP contribution in [0.5, 0.6) is 5.75 Å². The van der Waals surface area contributed by atoms with Gasteiger partial charge in [-0.2, -0.15) is 0 Å². The Kier molecular flexibility index (Phi) is 2.87. The summed E-state index contributed by atoms with van der Waals surface area (Å²) in [5.41, 5.74) is 4.89. The molecule has 0 saturated heterocycles. The van der Waals surface area contributed by atoms with Gasteiger partial charge in [-0.15, -0.1) is 0 Å². The van der Waals surface area contributed by atoms with Crippen LogP contribution >= 0.6 is 11.6 Å². The van der Waals surface area contributed by atoms with Gasteiger partial charge < -0.3 is 10.5 Å². The molecule has 0 fully saturated rings. The second kappa shape index (κ2) is 3.74. The van der Waals surface area contributed by atoms with E-state index < -0.39 is 12.0 Å². The predicted molar refractivity (Wildman–Crippen MR) is 45.2 cm³/mol. The summed E-state index contributed by atoms with van der Waals surface area (Å²) in [5.74, 6) is -0.260. The Labute approximate surface area is 78.5 Å². The van der Waals surface area contributed by atoms with Gasteiger partial charge in [0.15, 0.2) is 11.6 Å². The van der Waals surface area contributed by atoms with Crippen molar-refractivity contribution in [3.05, 3.63) is 16.8 Å². The van der Waals surface area contributed by atoms with Gasteiger partial charge in [0.2, 0.25) is 0 Å². The standard InChI is InChI=1S/C7H7ClF2N2O/c1-13-5-4(6(9)10)3(8)2-12-7(5)11/h2,6H,1H3,(H2,11,12). The van der Waals surface area contributed by atoms with Crippen LogP contribution in [0.2, 0.25) is 5.02 Å². The molecule has 72 valence electrons. The summed E-state index contributed by atoms with van der Waals surface area (Å²) in [7, 11) is 1.23. The molecule has 0 radical (unpaired) electrons. The zero-order valence-electron chi connectivity index (χ0n) is 6.72. The lowest BCUT2D eigenvalue weighted by Crippen LogP contribution is -2.01. The van der Waals surface area contributed by atoms with Gasteiger partial charge in [0.25, 0.3) is 6.43 Å². The molecule has 0 bridgehead atoms. The van der Waals surface area contributed by atoms with Gasteiger partial charge in [-0.3, -0.25) is 0 Å². The van der Waals surface area contributed by atoms with E-state index in [4.69, 9.17) is 17.3 Å². The van der Waals surface area contributed by atoms with Crippen LogP contribution in [-0.4, -0.2) is 12.1 Å². The molecule has 13 heavy (non-hydrogen) atoms. The number of hydrogen-bond donors (Lipinski definition) is 1. The summed E-state index contributed by atoms with van der Waals surface area (Å²) in [5, 5.41) is -0.152. The lowest BCUT2D eigenvalue weighted by atomic mass is 10.2. The number of nitrogen functional groups attached to an aromatic ring is 1. The molecule has 0 aliphatic rings. The minimum absolute atomic E-state index is 0.0952. The zero-order valence-corrected chi connectivity index (χ0v) is 7.48. The number of aromatic nitrogens is 1. The molecule has 0 saturated carbocycles. The van der Waals surface area contributed by atoms with E-state index in [0.717, 1.165) is 6.20 Å². The van der Waals surface area contributed by atoms with Crippen LogP contribution in [0.25, 0.3) is 0 Å². The highest BCUT2D eigenvalue weighted by molar-refractivity contribution is 6.31. The maximum absolute atomic E-state index is 12.4. The topological polar surface area (TPSA) is 48.1 Å². The first kappa shape index (κ1) is 9.98. The third kappa shape index (κ3) is 1.80. The van der Waals surface area contributed by atoms with Gasteiger partial charge in [0.1, 0.15) is 0 Å². The van der Waals surface area contributed by atoms with E-state index in [9.17, 15) is 8.78 Å². The summed E-state index contributed by atoms with van der Waals surface area (Å²) in [6, 6.07) is 0. The van der Waals surface area contributed by atoms with Crippen molar-refractivity contribution in [1.82, 2.24) is 4.98 Å². The van der Waals surface area contributed by atoms with Gasteiger partial charge in [0.05, 0.1) is 17.7 Å². The number of hydrogen-bond acceptors (Lipinski definition) is 3. The number of pyridine rings is 1. The van der Waals surface area contributed by atoms with Gasteiger partial charge in [0, 0.05) is 6.20 Å². The third-order valence-corrected chi connectivity index (χ3v) is 1.78. The van der Waals surface area contributed by atoms with Crippen molar-refractivity contribution in [3.63, 3.8) is 0 Å². The SMILES string of the molecule is COc1c(N)ncc(Cl)c1C(F)F. The van der Waals surface area contributed by atoms with Crippen LogP contribution in [0, 0.1) is 0 Å². The van der Waals surface area contributed by atoms with Crippen molar-refractivity contribution in [2.75, 3.05) is 12.8 Å². The monoisotopic (exact) mass is 208 g/mol. The minimum atomic E-state index is -2.73. The van der Waals surface area contributed by atoms with Crippen molar-refractivity contribution >= 4 is 17.4 Å². The minimum Gasteiger partial charge on any atom is -0.492 e. The number of anilines is 1. The van der Waals surface area contributed by atoms with Gasteiger partial charge >= 0.3 is 0 Å². The van der Waals surface area contributed by atoms with E-state index in [-0.39, 0.29) is 16.6 Å². The molecular weight excluding hydrogens is 202 g/mol. The highest BCUT2D eigenvalue weighted by Gasteiger charge is 2.20. The quantitative estimate of drug-likeness (QED) is 0.811. The van der Waals surface area contributed by atoms with Crippen molar-refractivity contribution in [1.29, 1.82) is 0 Å². The summed E-state index contributed by atoms with van der Waals surface area (Å²) in [4.78, 5) is 3.58. The molecule has 3 nitrogen and oxygen atoms in total. The largest absolute Gasteiger partial charge is 0.492 e. The molecule has 1 aromatic heterocycles. The van der Waals surface area contributed by atoms with Crippen molar-refractivity contribution in [3.8, 4) is 5.75 Å². The highest BCUT2D eigenvalue weighted by atomic mass is 35.5. The van der Waals surface area contributed by atoms with Crippen molar-refractivity contribution < 1.29 is 13.5 Å². The van der Waals surface area contributed by atoms with E-state index in [1.165, 1.54) is 7.11 Å². The second-order valence-electron chi connectivity index (χ2n) is 2.24. The normalized spacial score (nSPS) is 10.5. The van der Waals surface area contributed by atoms with E-state index in [1.807, 2.05) is 0 Å². The molecule has 0 aliphatic carbocycles. The van der Waals surface area contributed by atoms with Crippen LogP contribution in [-0.2, 0) is 0 Å². The molecule has 1 aromatic rings. The summed E-state index contributed by atoms with van der Waals surface area (Å²) < 4.78 is 29.5. The average molecular weight is 209 g/mol. The van der Waals surface area contributed by atoms with Crippen molar-refractivity contribution in [2.45, 2.75) is 6.43 Å². The number of nitrogens with zero attached hydrogens (tertiary/aromatic N) is 1. The Bertz CT molecular complexity index is 320. The smallest absolute Gasteiger partial charge is 0.269 e. The fourth-order valence-electron chi connectivity index (χ4n) is 0.919.